The van der Waals surface area contributed by atoms with E-state index < -0.39 is 0 Å². The number of aliphatic imine (C=N–C) groups is 1. The molecule has 1 aromatic carbocycles. The van der Waals surface area contributed by atoms with Crippen LogP contribution in [0.3, 0.4) is 0 Å². The zero-order valence-corrected chi connectivity index (χ0v) is 19.9. The molecule has 0 radical (unpaired) electrons. The Morgan fingerprint density at radius 1 is 1.36 bits per heavy atom. The van der Waals surface area contributed by atoms with Gasteiger partial charge in [-0.25, -0.2) is 4.98 Å². The Morgan fingerprint density at radius 3 is 2.89 bits per heavy atom. The van der Waals surface area contributed by atoms with Gasteiger partial charge < -0.3 is 15.0 Å². The predicted molar refractivity (Wildman–Crippen MR) is 128 cm³/mol. The van der Waals surface area contributed by atoms with Gasteiger partial charge in [0, 0.05) is 50.1 Å². The van der Waals surface area contributed by atoms with Crippen LogP contribution < -0.4 is 5.32 Å². The van der Waals surface area contributed by atoms with Crippen LogP contribution in [0.2, 0.25) is 0 Å². The van der Waals surface area contributed by atoms with Gasteiger partial charge in [0.15, 0.2) is 5.96 Å². The highest BCUT2D eigenvalue weighted by Gasteiger charge is 2.24. The molecule has 0 saturated carbocycles. The van der Waals surface area contributed by atoms with Crippen LogP contribution in [-0.2, 0) is 24.2 Å². The molecular formula is C21H31IN4OS. The van der Waals surface area contributed by atoms with Gasteiger partial charge in [-0.15, -0.1) is 35.3 Å². The molecule has 0 aliphatic carbocycles. The van der Waals surface area contributed by atoms with Crippen LogP contribution in [0.1, 0.15) is 28.8 Å². The summed E-state index contributed by atoms with van der Waals surface area (Å²) in [4.78, 5) is 12.6. The zero-order chi connectivity index (χ0) is 18.9. The summed E-state index contributed by atoms with van der Waals surface area (Å²) in [6.45, 7) is 6.58. The van der Waals surface area contributed by atoms with Gasteiger partial charge in [-0.1, -0.05) is 37.3 Å². The summed E-state index contributed by atoms with van der Waals surface area (Å²) in [6, 6.07) is 10.4. The molecule has 1 fully saturated rings. The molecule has 7 heteroatoms. The van der Waals surface area contributed by atoms with E-state index in [1.165, 1.54) is 15.4 Å². The molecule has 2 aromatic rings. The number of aromatic nitrogens is 1. The van der Waals surface area contributed by atoms with Crippen LogP contribution in [-0.4, -0.2) is 49.1 Å². The molecule has 1 aliphatic heterocycles. The molecule has 0 amide bonds. The van der Waals surface area contributed by atoms with Gasteiger partial charge in [-0.3, -0.25) is 4.99 Å². The molecule has 1 N–H and O–H groups in total. The highest BCUT2D eigenvalue weighted by Crippen LogP contribution is 2.18. The van der Waals surface area contributed by atoms with E-state index in [1.807, 2.05) is 30.6 Å². The molecule has 0 spiro atoms. The van der Waals surface area contributed by atoms with Crippen molar-refractivity contribution >= 4 is 41.3 Å². The van der Waals surface area contributed by atoms with Gasteiger partial charge in [-0.2, -0.15) is 0 Å². The lowest BCUT2D eigenvalue weighted by molar-refractivity contribution is 0.0907. The summed E-state index contributed by atoms with van der Waals surface area (Å²) >= 11 is 1.81. The van der Waals surface area contributed by atoms with Crippen molar-refractivity contribution in [3.63, 3.8) is 0 Å². The molecule has 0 bridgehead atoms. The van der Waals surface area contributed by atoms with Gasteiger partial charge in [0.05, 0.1) is 18.2 Å². The molecule has 1 saturated heterocycles. The first-order valence-electron chi connectivity index (χ1n) is 9.79. The van der Waals surface area contributed by atoms with Crippen LogP contribution in [0.25, 0.3) is 0 Å². The average molecular weight is 514 g/mol. The van der Waals surface area contributed by atoms with Crippen molar-refractivity contribution in [3.05, 3.63) is 52.0 Å². The van der Waals surface area contributed by atoms with Gasteiger partial charge in [0.1, 0.15) is 0 Å². The lowest BCUT2D eigenvalue weighted by Gasteiger charge is -2.21. The largest absolute Gasteiger partial charge is 0.376 e. The molecule has 154 valence electrons. The van der Waals surface area contributed by atoms with Gasteiger partial charge in [0.25, 0.3) is 0 Å². The molecule has 1 atom stereocenters. The zero-order valence-electron chi connectivity index (χ0n) is 16.8. The predicted octanol–water partition coefficient (Wildman–Crippen LogP) is 3.98. The first-order chi connectivity index (χ1) is 13.3. The summed E-state index contributed by atoms with van der Waals surface area (Å²) in [5, 5.41) is 4.69. The Balaban J connectivity index is 0.00000280. The number of thiazole rings is 1. The average Bonchev–Trinajstić information content (AvgIpc) is 3.36. The van der Waals surface area contributed by atoms with Crippen molar-refractivity contribution in [1.29, 1.82) is 0 Å². The molecule has 28 heavy (non-hydrogen) atoms. The fourth-order valence-electron chi connectivity index (χ4n) is 3.32. The molecular weight excluding hydrogens is 483 g/mol. The number of halogens is 1. The number of guanidine groups is 1. The Bertz CT molecular complexity index is 722. The third-order valence-corrected chi connectivity index (χ3v) is 6.04. The number of likely N-dealkylation sites (tertiary alicyclic amines) is 1. The van der Waals surface area contributed by atoms with Crippen molar-refractivity contribution in [1.82, 2.24) is 15.2 Å². The first kappa shape index (κ1) is 23.1. The maximum absolute atomic E-state index is 5.92. The first-order valence-corrected chi connectivity index (χ1v) is 10.6. The number of hydrogen-bond donors (Lipinski definition) is 1. The van der Waals surface area contributed by atoms with Crippen molar-refractivity contribution < 1.29 is 4.74 Å². The second kappa shape index (κ2) is 12.4. The monoisotopic (exact) mass is 514 g/mol. The smallest absolute Gasteiger partial charge is 0.193 e. The second-order valence-corrected chi connectivity index (χ2v) is 8.10. The normalized spacial score (nSPS) is 16.9. The summed E-state index contributed by atoms with van der Waals surface area (Å²) in [5.74, 6) is 1.56. The Morgan fingerprint density at radius 2 is 2.18 bits per heavy atom. The molecule has 3 rings (SSSR count). The van der Waals surface area contributed by atoms with E-state index in [0.29, 0.717) is 12.5 Å². The summed E-state index contributed by atoms with van der Waals surface area (Å²) in [7, 11) is 1.86. The van der Waals surface area contributed by atoms with Crippen molar-refractivity contribution in [2.75, 3.05) is 33.3 Å². The number of aryl methyl sites for hydroxylation is 1. The van der Waals surface area contributed by atoms with Crippen molar-refractivity contribution in [2.24, 2.45) is 10.9 Å². The number of hydrogen-bond acceptors (Lipinski definition) is 4. The standard InChI is InChI=1S/C21H30N4OS.HI/c1-3-19-13-24-20(27-19)9-11-23-21(22-2)25-12-10-18(14-25)16-26-15-17-7-5-4-6-8-17;/h4-8,13,18H,3,9-12,14-16H2,1-2H3,(H,22,23);1H. The molecule has 1 aliphatic rings. The van der Waals surface area contributed by atoms with E-state index in [2.05, 4.69) is 51.4 Å². The van der Waals surface area contributed by atoms with Crippen LogP contribution in [0, 0.1) is 5.92 Å². The van der Waals surface area contributed by atoms with Crippen LogP contribution >= 0.6 is 35.3 Å². The quantitative estimate of drug-likeness (QED) is 0.329. The fraction of sp³-hybridized carbons (Fsp3) is 0.524. The molecule has 5 nitrogen and oxygen atoms in total. The number of nitrogens with zero attached hydrogens (tertiary/aromatic N) is 3. The third kappa shape index (κ3) is 7.00. The third-order valence-electron chi connectivity index (χ3n) is 4.83. The Hall–Kier alpha value is -1.19. The van der Waals surface area contributed by atoms with Crippen LogP contribution in [0.4, 0.5) is 0 Å². The molecule has 1 aromatic heterocycles. The SMILES string of the molecule is CCc1cnc(CCNC(=NC)N2CCC(COCc3ccccc3)C2)s1.I. The number of benzene rings is 1. The lowest BCUT2D eigenvalue weighted by atomic mass is 10.1. The molecule has 2 heterocycles. The number of ether oxygens (including phenoxy) is 1. The summed E-state index contributed by atoms with van der Waals surface area (Å²) in [6.07, 6.45) is 5.16. The second-order valence-electron chi connectivity index (χ2n) is 6.90. The van der Waals surface area contributed by atoms with E-state index in [1.54, 1.807) is 0 Å². The van der Waals surface area contributed by atoms with E-state index in [9.17, 15) is 0 Å². The van der Waals surface area contributed by atoms with Crippen molar-refractivity contribution in [2.45, 2.75) is 32.8 Å². The fourth-order valence-corrected chi connectivity index (χ4v) is 4.18. The minimum atomic E-state index is 0. The maximum Gasteiger partial charge on any atom is 0.193 e. The minimum absolute atomic E-state index is 0. The highest BCUT2D eigenvalue weighted by atomic mass is 127. The molecule has 1 unspecified atom stereocenters. The Labute approximate surface area is 189 Å². The van der Waals surface area contributed by atoms with Gasteiger partial charge >= 0.3 is 0 Å². The van der Waals surface area contributed by atoms with E-state index in [4.69, 9.17) is 4.74 Å². The minimum Gasteiger partial charge on any atom is -0.376 e. The van der Waals surface area contributed by atoms with Crippen LogP contribution in [0.15, 0.2) is 41.5 Å². The highest BCUT2D eigenvalue weighted by molar-refractivity contribution is 14.0. The van der Waals surface area contributed by atoms with E-state index in [0.717, 1.165) is 51.5 Å². The number of nitrogens with one attached hydrogen (secondary N) is 1. The van der Waals surface area contributed by atoms with Crippen molar-refractivity contribution in [3.8, 4) is 0 Å². The van der Waals surface area contributed by atoms with Gasteiger partial charge in [-0.05, 0) is 18.4 Å². The topological polar surface area (TPSA) is 49.8 Å². The number of rotatable bonds is 8. The summed E-state index contributed by atoms with van der Waals surface area (Å²) in [5.41, 5.74) is 1.23. The lowest BCUT2D eigenvalue weighted by Crippen LogP contribution is -2.41. The van der Waals surface area contributed by atoms with Crippen LogP contribution in [0.5, 0.6) is 0 Å². The van der Waals surface area contributed by atoms with Gasteiger partial charge in [0.2, 0.25) is 0 Å². The maximum atomic E-state index is 5.92. The Kier molecular flexibility index (Phi) is 10.2. The van der Waals surface area contributed by atoms with E-state index >= 15 is 0 Å². The summed E-state index contributed by atoms with van der Waals surface area (Å²) < 4.78 is 5.92. The van der Waals surface area contributed by atoms with E-state index in [-0.39, 0.29) is 24.0 Å².